The first-order valence-electron chi connectivity index (χ1n) is 10.2. The summed E-state index contributed by atoms with van der Waals surface area (Å²) in [6, 6.07) is 3.62. The van der Waals surface area contributed by atoms with Crippen molar-refractivity contribution in [3.8, 4) is 5.88 Å². The molecule has 0 fully saturated rings. The average Bonchev–Trinajstić information content (AvgIpc) is 3.18. The molecule has 0 saturated carbocycles. The second-order valence-electron chi connectivity index (χ2n) is 7.91. The Morgan fingerprint density at radius 1 is 1.17 bits per heavy atom. The number of methoxy groups -OCH3 is 1. The number of ether oxygens (including phenoxy) is 1. The van der Waals surface area contributed by atoms with Gasteiger partial charge in [0.2, 0.25) is 11.8 Å². The lowest BCUT2D eigenvalue weighted by Crippen LogP contribution is -2.45. The third kappa shape index (κ3) is 4.60. The first-order chi connectivity index (χ1) is 16.4. The number of pyridine rings is 2. The van der Waals surface area contributed by atoms with Gasteiger partial charge >= 0.3 is 6.18 Å². The highest BCUT2D eigenvalue weighted by Gasteiger charge is 2.40. The van der Waals surface area contributed by atoms with Gasteiger partial charge in [0.05, 0.1) is 29.1 Å². The first-order valence-corrected chi connectivity index (χ1v) is 10.6. The smallest absolute Gasteiger partial charge is 0.416 e. The Hall–Kier alpha value is -3.47. The Balaban J connectivity index is 1.83. The second kappa shape index (κ2) is 8.95. The second-order valence-corrected chi connectivity index (χ2v) is 8.32. The number of alkyl halides is 3. The monoisotopic (exact) mass is 512 g/mol. The predicted octanol–water partition coefficient (Wildman–Crippen LogP) is 5.47. The average molecular weight is 513 g/mol. The molecule has 4 rings (SSSR count). The molecule has 3 aromatic rings. The fourth-order valence-electron chi connectivity index (χ4n) is 3.95. The lowest BCUT2D eigenvalue weighted by Gasteiger charge is -2.30. The van der Waals surface area contributed by atoms with Crippen LogP contribution < -0.4 is 14.5 Å². The number of amides is 1. The van der Waals surface area contributed by atoms with Crippen molar-refractivity contribution in [1.82, 2.24) is 9.97 Å². The Morgan fingerprint density at radius 2 is 1.89 bits per heavy atom. The minimum atomic E-state index is -4.65. The maximum atomic E-state index is 14.5. The maximum Gasteiger partial charge on any atom is 0.416 e. The van der Waals surface area contributed by atoms with Crippen LogP contribution in [0.2, 0.25) is 5.02 Å². The molecular formula is C23H18ClF5N4O2. The third-order valence-corrected chi connectivity index (χ3v) is 5.90. The highest BCUT2D eigenvalue weighted by molar-refractivity contribution is 6.31. The summed E-state index contributed by atoms with van der Waals surface area (Å²) in [5.41, 5.74) is -0.230. The molecule has 3 heterocycles. The summed E-state index contributed by atoms with van der Waals surface area (Å²) in [4.78, 5) is 24.2. The van der Waals surface area contributed by atoms with Crippen molar-refractivity contribution < 1.29 is 31.5 Å². The van der Waals surface area contributed by atoms with Crippen LogP contribution in [0.5, 0.6) is 5.88 Å². The lowest BCUT2D eigenvalue weighted by atomic mass is 10.1. The van der Waals surface area contributed by atoms with E-state index in [1.807, 2.05) is 0 Å². The molecule has 1 atom stereocenters. The van der Waals surface area contributed by atoms with E-state index in [-0.39, 0.29) is 29.5 Å². The Kier molecular flexibility index (Phi) is 6.31. The number of rotatable bonds is 4. The zero-order valence-electron chi connectivity index (χ0n) is 18.6. The molecule has 0 saturated heterocycles. The van der Waals surface area contributed by atoms with Crippen molar-refractivity contribution in [3.05, 3.63) is 70.0 Å². The van der Waals surface area contributed by atoms with Gasteiger partial charge in [-0.05, 0) is 30.7 Å². The molecule has 1 aliphatic rings. The van der Waals surface area contributed by atoms with Crippen molar-refractivity contribution in [2.24, 2.45) is 0 Å². The number of aromatic nitrogens is 2. The van der Waals surface area contributed by atoms with Gasteiger partial charge in [0.15, 0.2) is 0 Å². The van der Waals surface area contributed by atoms with Gasteiger partial charge in [0.25, 0.3) is 0 Å². The van der Waals surface area contributed by atoms with Gasteiger partial charge in [0, 0.05) is 37.5 Å². The summed E-state index contributed by atoms with van der Waals surface area (Å²) in [5, 5.41) is -0.392. The quantitative estimate of drug-likeness (QED) is 0.343. The molecule has 0 bridgehead atoms. The molecule has 6 nitrogen and oxygen atoms in total. The van der Waals surface area contributed by atoms with E-state index in [1.54, 1.807) is 0 Å². The molecule has 35 heavy (non-hydrogen) atoms. The van der Waals surface area contributed by atoms with Gasteiger partial charge in [-0.2, -0.15) is 13.2 Å². The molecule has 0 N–H and O–H groups in total. The number of anilines is 3. The highest BCUT2D eigenvalue weighted by Crippen LogP contribution is 2.42. The molecule has 0 radical (unpaired) electrons. The predicted molar refractivity (Wildman–Crippen MR) is 119 cm³/mol. The van der Waals surface area contributed by atoms with Crippen molar-refractivity contribution in [3.63, 3.8) is 0 Å². The van der Waals surface area contributed by atoms with E-state index in [4.69, 9.17) is 16.3 Å². The van der Waals surface area contributed by atoms with Crippen molar-refractivity contribution in [2.45, 2.75) is 25.6 Å². The minimum Gasteiger partial charge on any atom is -0.481 e. The Bertz CT molecular complexity index is 1320. The van der Waals surface area contributed by atoms with Crippen LogP contribution in [-0.4, -0.2) is 36.1 Å². The summed E-state index contributed by atoms with van der Waals surface area (Å²) >= 11 is 5.77. The first kappa shape index (κ1) is 24.6. The van der Waals surface area contributed by atoms with Crippen LogP contribution in [0.4, 0.5) is 39.1 Å². The lowest BCUT2D eigenvalue weighted by molar-refractivity contribution is -0.137. The van der Waals surface area contributed by atoms with Crippen LogP contribution in [0.15, 0.2) is 36.5 Å². The molecule has 12 heteroatoms. The summed E-state index contributed by atoms with van der Waals surface area (Å²) < 4.78 is 73.8. The van der Waals surface area contributed by atoms with Crippen LogP contribution in [-0.2, 0) is 17.4 Å². The number of likely N-dealkylation sites (N-methyl/N-ethyl adjacent to an activating group) is 1. The van der Waals surface area contributed by atoms with Crippen molar-refractivity contribution in [2.75, 3.05) is 24.0 Å². The van der Waals surface area contributed by atoms with E-state index < -0.39 is 40.3 Å². The normalized spacial score (nSPS) is 15.2. The summed E-state index contributed by atoms with van der Waals surface area (Å²) in [5.74, 6) is -2.66. The largest absolute Gasteiger partial charge is 0.481 e. The van der Waals surface area contributed by atoms with Crippen LogP contribution in [0, 0.1) is 18.6 Å². The number of hydrogen-bond acceptors (Lipinski definition) is 5. The summed E-state index contributed by atoms with van der Waals surface area (Å²) in [7, 11) is 2.64. The maximum absolute atomic E-state index is 14.5. The standard InChI is InChI=1S/C23H18ClF5N4O2/c1-11-4-13(23(27,28)29)6-20(31-11)33-17-9-21(35-3)30-10-12(17)5-19(33)22(34)32(2)18-7-14(24)15(25)8-16(18)26/h4,6-10,19H,5H2,1-3H3/t19-/m1/s1. The summed E-state index contributed by atoms with van der Waals surface area (Å²) in [6.07, 6.45) is -3.15. The molecule has 1 amide bonds. The number of carbonyl (C=O) groups excluding carboxylic acids is 1. The van der Waals surface area contributed by atoms with E-state index in [2.05, 4.69) is 9.97 Å². The number of fused-ring (bicyclic) bond motifs is 1. The fraction of sp³-hybridized carbons (Fsp3) is 0.261. The SMILES string of the molecule is COc1cc2c(cn1)C[C@H](C(=O)N(C)c1cc(Cl)c(F)cc1F)N2c1cc(C(F)(F)F)cc(C)n1. The van der Waals surface area contributed by atoms with Gasteiger partial charge in [-0.25, -0.2) is 18.7 Å². The van der Waals surface area contributed by atoms with Crippen molar-refractivity contribution in [1.29, 1.82) is 0 Å². The molecule has 0 spiro atoms. The third-order valence-electron chi connectivity index (χ3n) is 5.61. The number of halogens is 6. The Morgan fingerprint density at radius 3 is 2.54 bits per heavy atom. The zero-order chi connectivity index (χ0) is 25.7. The number of hydrogen-bond donors (Lipinski definition) is 0. The number of aryl methyl sites for hydroxylation is 1. The van der Waals surface area contributed by atoms with E-state index in [0.717, 1.165) is 23.1 Å². The molecular weight excluding hydrogens is 495 g/mol. The molecule has 2 aromatic heterocycles. The van der Waals surface area contributed by atoms with E-state index in [9.17, 15) is 26.7 Å². The minimum absolute atomic E-state index is 0.0447. The van der Waals surface area contributed by atoms with Crippen LogP contribution in [0.1, 0.15) is 16.8 Å². The molecule has 184 valence electrons. The van der Waals surface area contributed by atoms with Crippen LogP contribution in [0.25, 0.3) is 0 Å². The van der Waals surface area contributed by atoms with Gasteiger partial charge in [-0.15, -0.1) is 0 Å². The Labute approximate surface area is 201 Å². The van der Waals surface area contributed by atoms with Crippen molar-refractivity contribution >= 4 is 34.7 Å². The van der Waals surface area contributed by atoms with E-state index >= 15 is 0 Å². The van der Waals surface area contributed by atoms with E-state index in [1.165, 1.54) is 38.2 Å². The van der Waals surface area contributed by atoms with E-state index in [0.29, 0.717) is 17.3 Å². The highest BCUT2D eigenvalue weighted by atomic mass is 35.5. The number of benzene rings is 1. The van der Waals surface area contributed by atoms with Gasteiger partial charge in [-0.3, -0.25) is 4.79 Å². The molecule has 1 aliphatic heterocycles. The fourth-order valence-corrected chi connectivity index (χ4v) is 4.10. The van der Waals surface area contributed by atoms with Crippen LogP contribution in [0.3, 0.4) is 0 Å². The molecule has 1 aromatic carbocycles. The van der Waals surface area contributed by atoms with Gasteiger partial charge in [0.1, 0.15) is 23.5 Å². The zero-order valence-corrected chi connectivity index (χ0v) is 19.4. The van der Waals surface area contributed by atoms with Gasteiger partial charge in [-0.1, -0.05) is 11.6 Å². The van der Waals surface area contributed by atoms with Crippen LogP contribution >= 0.6 is 11.6 Å². The number of nitrogens with zero attached hydrogens (tertiary/aromatic N) is 4. The molecule has 0 aliphatic carbocycles. The topological polar surface area (TPSA) is 58.6 Å². The number of carbonyl (C=O) groups is 1. The molecule has 0 unspecified atom stereocenters. The summed E-state index contributed by atoms with van der Waals surface area (Å²) in [6.45, 7) is 1.40. The van der Waals surface area contributed by atoms with Gasteiger partial charge < -0.3 is 14.5 Å².